The van der Waals surface area contributed by atoms with Crippen LogP contribution in [0.4, 0.5) is 0 Å². The van der Waals surface area contributed by atoms with Crippen molar-refractivity contribution in [2.24, 2.45) is 0 Å². The van der Waals surface area contributed by atoms with E-state index in [0.717, 1.165) is 13.0 Å². The highest BCUT2D eigenvalue weighted by Crippen LogP contribution is 2.27. The van der Waals surface area contributed by atoms with E-state index in [1.807, 2.05) is 0 Å². The van der Waals surface area contributed by atoms with Gasteiger partial charge in [-0.15, -0.1) is 0 Å². The van der Waals surface area contributed by atoms with Gasteiger partial charge in [-0.2, -0.15) is 0 Å². The molecule has 0 aromatic carbocycles. The maximum absolute atomic E-state index is 9.79. The number of rotatable bonds is 0. The summed E-state index contributed by atoms with van der Waals surface area (Å²) in [6.45, 7) is 10.0. The maximum Gasteiger partial charge on any atom is 0.221 e. The lowest BCUT2D eigenvalue weighted by Crippen LogP contribution is -2.55. The molecular weight excluding hydrogens is 188 g/mol. The summed E-state index contributed by atoms with van der Waals surface area (Å²) in [5.41, 5.74) is 0.726. The maximum atomic E-state index is 9.79. The number of hydrogen-bond donors (Lipinski definition) is 2. The van der Waals surface area contributed by atoms with Crippen LogP contribution in [0, 0.1) is 0 Å². The number of amides is 1. The van der Waals surface area contributed by atoms with Crippen molar-refractivity contribution in [1.29, 1.82) is 0 Å². The van der Waals surface area contributed by atoms with E-state index in [1.165, 1.54) is 19.3 Å². The van der Waals surface area contributed by atoms with E-state index < -0.39 is 0 Å². The minimum absolute atomic E-state index is 0.185. The van der Waals surface area contributed by atoms with Gasteiger partial charge < -0.3 is 10.6 Å². The van der Waals surface area contributed by atoms with Gasteiger partial charge in [0.1, 0.15) is 0 Å². The Hall–Kier alpha value is -0.570. The number of carbonyl (C=O) groups excluding carboxylic acids is 1. The Morgan fingerprint density at radius 3 is 1.60 bits per heavy atom. The molecule has 2 saturated heterocycles. The van der Waals surface area contributed by atoms with E-state index >= 15 is 0 Å². The third-order valence-electron chi connectivity index (χ3n) is 2.95. The largest absolute Gasteiger partial charge is 0.356 e. The predicted octanol–water partition coefficient (Wildman–Crippen LogP) is 1.82. The van der Waals surface area contributed by atoms with Gasteiger partial charge in [0.2, 0.25) is 5.91 Å². The molecule has 0 aromatic rings. The van der Waals surface area contributed by atoms with Crippen molar-refractivity contribution in [1.82, 2.24) is 10.6 Å². The van der Waals surface area contributed by atoms with Crippen molar-refractivity contribution in [3.05, 3.63) is 0 Å². The fraction of sp³-hybridized carbons (Fsp3) is 0.917. The molecule has 3 heteroatoms. The lowest BCUT2D eigenvalue weighted by molar-refractivity contribution is -0.125. The molecule has 2 aliphatic heterocycles. The fourth-order valence-electron chi connectivity index (χ4n) is 2.24. The number of nitrogens with one attached hydrogen (secondary N) is 2. The lowest BCUT2D eigenvalue weighted by Gasteiger charge is -2.42. The predicted molar refractivity (Wildman–Crippen MR) is 62.8 cm³/mol. The molecule has 0 unspecified atom stereocenters. The zero-order valence-corrected chi connectivity index (χ0v) is 10.4. The van der Waals surface area contributed by atoms with Gasteiger partial charge in [0.25, 0.3) is 0 Å². The highest BCUT2D eigenvalue weighted by atomic mass is 16.2. The Bertz CT molecular complexity index is 214. The van der Waals surface area contributed by atoms with Crippen LogP contribution >= 0.6 is 0 Å². The van der Waals surface area contributed by atoms with Crippen molar-refractivity contribution in [2.75, 3.05) is 6.54 Å². The molecule has 2 fully saturated rings. The molecule has 15 heavy (non-hydrogen) atoms. The van der Waals surface area contributed by atoms with Crippen LogP contribution in [-0.2, 0) is 4.79 Å². The van der Waals surface area contributed by atoms with Crippen LogP contribution in [0.3, 0.4) is 0 Å². The van der Waals surface area contributed by atoms with E-state index in [9.17, 15) is 4.79 Å². The van der Waals surface area contributed by atoms with E-state index in [-0.39, 0.29) is 5.91 Å². The molecule has 88 valence electrons. The SMILES string of the molecule is CC1(C)CCCC(C)(C)N1.O=C1CCN1. The Morgan fingerprint density at radius 2 is 1.47 bits per heavy atom. The van der Waals surface area contributed by atoms with E-state index in [4.69, 9.17) is 0 Å². The van der Waals surface area contributed by atoms with Gasteiger partial charge in [-0.05, 0) is 47.0 Å². The van der Waals surface area contributed by atoms with Crippen LogP contribution < -0.4 is 10.6 Å². The molecular formula is C12H24N2O. The molecule has 2 heterocycles. The van der Waals surface area contributed by atoms with Crippen LogP contribution in [0.2, 0.25) is 0 Å². The third-order valence-corrected chi connectivity index (χ3v) is 2.95. The van der Waals surface area contributed by atoms with Crippen molar-refractivity contribution in [3.8, 4) is 0 Å². The second-order valence-electron chi connectivity index (χ2n) is 5.85. The Kier molecular flexibility index (Phi) is 3.77. The summed E-state index contributed by atoms with van der Waals surface area (Å²) >= 11 is 0. The zero-order chi connectivity index (χ0) is 11.5. The summed E-state index contributed by atoms with van der Waals surface area (Å²) in [7, 11) is 0. The second-order valence-corrected chi connectivity index (χ2v) is 5.85. The van der Waals surface area contributed by atoms with Gasteiger partial charge in [0, 0.05) is 24.0 Å². The molecule has 2 aliphatic rings. The van der Waals surface area contributed by atoms with Crippen molar-refractivity contribution in [2.45, 2.75) is 64.5 Å². The highest BCUT2D eigenvalue weighted by molar-refractivity contribution is 5.81. The monoisotopic (exact) mass is 212 g/mol. The molecule has 0 radical (unpaired) electrons. The van der Waals surface area contributed by atoms with Crippen molar-refractivity contribution < 1.29 is 4.79 Å². The quantitative estimate of drug-likeness (QED) is 0.601. The van der Waals surface area contributed by atoms with Gasteiger partial charge in [0.05, 0.1) is 0 Å². The van der Waals surface area contributed by atoms with E-state index in [2.05, 4.69) is 38.3 Å². The molecule has 0 saturated carbocycles. The van der Waals surface area contributed by atoms with Gasteiger partial charge in [-0.3, -0.25) is 4.79 Å². The average molecular weight is 212 g/mol. The number of carbonyl (C=O) groups is 1. The van der Waals surface area contributed by atoms with Gasteiger partial charge in [0.15, 0.2) is 0 Å². The Labute approximate surface area is 93.0 Å². The molecule has 0 aliphatic carbocycles. The average Bonchev–Trinajstić information content (AvgIpc) is 1.97. The summed E-state index contributed by atoms with van der Waals surface area (Å²) in [5, 5.41) is 6.20. The Morgan fingerprint density at radius 1 is 1.07 bits per heavy atom. The lowest BCUT2D eigenvalue weighted by atomic mass is 9.83. The topological polar surface area (TPSA) is 41.1 Å². The molecule has 0 bridgehead atoms. The minimum atomic E-state index is 0.185. The first-order valence-electron chi connectivity index (χ1n) is 5.87. The van der Waals surface area contributed by atoms with Crippen LogP contribution in [-0.4, -0.2) is 23.5 Å². The van der Waals surface area contributed by atoms with Gasteiger partial charge in [-0.1, -0.05) is 0 Å². The third kappa shape index (κ3) is 4.65. The summed E-state index contributed by atoms with van der Waals surface area (Å²) in [6, 6.07) is 0. The minimum Gasteiger partial charge on any atom is -0.356 e. The molecule has 0 spiro atoms. The number of piperidine rings is 1. The van der Waals surface area contributed by atoms with Crippen LogP contribution in [0.15, 0.2) is 0 Å². The van der Waals surface area contributed by atoms with Gasteiger partial charge >= 0.3 is 0 Å². The van der Waals surface area contributed by atoms with E-state index in [0.29, 0.717) is 11.1 Å². The van der Waals surface area contributed by atoms with Crippen LogP contribution in [0.25, 0.3) is 0 Å². The van der Waals surface area contributed by atoms with Crippen molar-refractivity contribution in [3.63, 3.8) is 0 Å². The summed E-state index contributed by atoms with van der Waals surface area (Å²) < 4.78 is 0. The smallest absolute Gasteiger partial charge is 0.221 e. The summed E-state index contributed by atoms with van der Waals surface area (Å²) in [4.78, 5) is 9.79. The first-order valence-corrected chi connectivity index (χ1v) is 5.87. The fourth-order valence-corrected chi connectivity index (χ4v) is 2.24. The molecule has 0 atom stereocenters. The zero-order valence-electron chi connectivity index (χ0n) is 10.4. The Balaban J connectivity index is 0.000000187. The standard InChI is InChI=1S/C9H19N.C3H5NO/c1-8(2)6-5-7-9(3,4)10-8;5-3-1-2-4-3/h10H,5-7H2,1-4H3;1-2H2,(H,4,5). The number of hydrogen-bond acceptors (Lipinski definition) is 2. The van der Waals surface area contributed by atoms with Crippen LogP contribution in [0.5, 0.6) is 0 Å². The summed E-state index contributed by atoms with van der Waals surface area (Å²) in [6.07, 6.45) is 4.74. The van der Waals surface area contributed by atoms with E-state index in [1.54, 1.807) is 0 Å². The molecule has 1 amide bonds. The first kappa shape index (κ1) is 12.5. The van der Waals surface area contributed by atoms with Crippen LogP contribution in [0.1, 0.15) is 53.4 Å². The molecule has 2 rings (SSSR count). The number of β-lactam (4-membered cyclic amide) rings is 1. The second kappa shape index (κ2) is 4.52. The normalized spacial score (nSPS) is 26.8. The van der Waals surface area contributed by atoms with Gasteiger partial charge in [-0.25, -0.2) is 0 Å². The first-order chi connectivity index (χ1) is 6.81. The summed E-state index contributed by atoms with van der Waals surface area (Å²) in [5.74, 6) is 0.185. The highest BCUT2D eigenvalue weighted by Gasteiger charge is 2.31. The molecule has 2 N–H and O–H groups in total. The van der Waals surface area contributed by atoms with Crippen molar-refractivity contribution >= 4 is 5.91 Å². The molecule has 3 nitrogen and oxygen atoms in total. The molecule has 0 aromatic heterocycles.